The van der Waals surface area contributed by atoms with E-state index in [0.717, 1.165) is 49.4 Å². The van der Waals surface area contributed by atoms with Crippen LogP contribution in [-0.4, -0.2) is 54.1 Å². The lowest BCUT2D eigenvalue weighted by molar-refractivity contribution is 0.0342. The molecule has 0 unspecified atom stereocenters. The van der Waals surface area contributed by atoms with Crippen LogP contribution in [0.5, 0.6) is 5.75 Å². The van der Waals surface area contributed by atoms with Gasteiger partial charge in [-0.1, -0.05) is 30.3 Å². The van der Waals surface area contributed by atoms with Gasteiger partial charge in [0.15, 0.2) is 5.82 Å². The van der Waals surface area contributed by atoms with Gasteiger partial charge in [0.05, 0.1) is 36.9 Å². The van der Waals surface area contributed by atoms with Crippen LogP contribution in [0.2, 0.25) is 0 Å². The molecule has 5 rings (SSSR count). The number of nitrogens with zero attached hydrogens (tertiary/aromatic N) is 2. The molecule has 0 aliphatic carbocycles. The van der Waals surface area contributed by atoms with Crippen molar-refractivity contribution in [1.29, 1.82) is 0 Å². The molecule has 3 aromatic carbocycles. The molecule has 168 valence electrons. The molecule has 1 N–H and O–H groups in total. The molecule has 0 amide bonds. The number of hydrogen-bond acceptors (Lipinski definition) is 5. The highest BCUT2D eigenvalue weighted by atomic mass is 19.1. The fraction of sp³-hybridized carbons (Fsp3) is 0.231. The van der Waals surface area contributed by atoms with E-state index in [4.69, 9.17) is 9.47 Å². The third kappa shape index (κ3) is 4.37. The number of halogens is 1. The summed E-state index contributed by atoms with van der Waals surface area (Å²) in [7, 11) is 1.50. The van der Waals surface area contributed by atoms with Gasteiger partial charge in [0.25, 0.3) is 0 Å². The predicted molar refractivity (Wildman–Crippen MR) is 124 cm³/mol. The minimum atomic E-state index is -0.407. The molecule has 1 fully saturated rings. The van der Waals surface area contributed by atoms with Gasteiger partial charge in [0.1, 0.15) is 11.6 Å². The second-order valence-electron chi connectivity index (χ2n) is 8.05. The lowest BCUT2D eigenvalue weighted by Gasteiger charge is -2.26. The number of imidazole rings is 1. The summed E-state index contributed by atoms with van der Waals surface area (Å²) >= 11 is 0. The first-order chi connectivity index (χ1) is 16.1. The third-order valence-electron chi connectivity index (χ3n) is 5.88. The van der Waals surface area contributed by atoms with Gasteiger partial charge in [-0.2, -0.15) is 0 Å². The molecular formula is C26H24FN3O3. The van der Waals surface area contributed by atoms with Crippen molar-refractivity contribution in [2.24, 2.45) is 0 Å². The molecule has 0 bridgehead atoms. The quantitative estimate of drug-likeness (QED) is 0.445. The van der Waals surface area contributed by atoms with Crippen LogP contribution in [0.3, 0.4) is 0 Å². The van der Waals surface area contributed by atoms with E-state index in [9.17, 15) is 9.18 Å². The number of benzene rings is 3. The number of ketones is 1. The topological polar surface area (TPSA) is 67.4 Å². The monoisotopic (exact) mass is 445 g/mol. The standard InChI is InChI=1S/C26H24FN3O3/c1-32-23-7-3-6-20(27)24(23)18-4-2-5-19(15-18)25(31)26-28-21-9-8-17(14-22(21)29-26)16-30-10-12-33-13-11-30/h2-9,14-15H,10-13,16H2,1H3,(H,28,29). The van der Waals surface area contributed by atoms with Crippen molar-refractivity contribution in [3.63, 3.8) is 0 Å². The number of methoxy groups -OCH3 is 1. The Labute approximate surface area is 191 Å². The number of aromatic nitrogens is 2. The van der Waals surface area contributed by atoms with Crippen LogP contribution in [0.4, 0.5) is 4.39 Å². The Kier molecular flexibility index (Phi) is 5.90. The fourth-order valence-corrected chi connectivity index (χ4v) is 4.18. The number of rotatable bonds is 6. The number of fused-ring (bicyclic) bond motifs is 1. The van der Waals surface area contributed by atoms with Crippen LogP contribution < -0.4 is 4.74 Å². The zero-order valence-corrected chi connectivity index (χ0v) is 18.3. The molecule has 33 heavy (non-hydrogen) atoms. The summed E-state index contributed by atoms with van der Waals surface area (Å²) < 4.78 is 25.3. The smallest absolute Gasteiger partial charge is 0.228 e. The average Bonchev–Trinajstić information content (AvgIpc) is 3.27. The zero-order chi connectivity index (χ0) is 22.8. The highest BCUT2D eigenvalue weighted by Gasteiger charge is 2.18. The van der Waals surface area contributed by atoms with Crippen LogP contribution in [-0.2, 0) is 11.3 Å². The Morgan fingerprint density at radius 2 is 1.94 bits per heavy atom. The maximum absolute atomic E-state index is 14.5. The SMILES string of the molecule is COc1cccc(F)c1-c1cccc(C(=O)c2nc3cc(CN4CCOCC4)ccc3[nH]2)c1. The number of hydrogen-bond donors (Lipinski definition) is 1. The largest absolute Gasteiger partial charge is 0.496 e. The van der Waals surface area contributed by atoms with Gasteiger partial charge >= 0.3 is 0 Å². The lowest BCUT2D eigenvalue weighted by atomic mass is 10.00. The number of carbonyl (C=O) groups is 1. The van der Waals surface area contributed by atoms with Gasteiger partial charge < -0.3 is 14.5 Å². The Bertz CT molecular complexity index is 1310. The van der Waals surface area contributed by atoms with Gasteiger partial charge in [-0.15, -0.1) is 0 Å². The van der Waals surface area contributed by atoms with E-state index in [0.29, 0.717) is 22.4 Å². The first-order valence-electron chi connectivity index (χ1n) is 10.9. The lowest BCUT2D eigenvalue weighted by Crippen LogP contribution is -2.35. The summed E-state index contributed by atoms with van der Waals surface area (Å²) in [5.41, 5.74) is 4.01. The van der Waals surface area contributed by atoms with Crippen LogP contribution in [0.15, 0.2) is 60.7 Å². The number of nitrogens with one attached hydrogen (secondary N) is 1. The van der Waals surface area contributed by atoms with Gasteiger partial charge in [0, 0.05) is 25.2 Å². The zero-order valence-electron chi connectivity index (χ0n) is 18.3. The summed E-state index contributed by atoms with van der Waals surface area (Å²) in [5, 5.41) is 0. The van der Waals surface area contributed by atoms with Crippen molar-refractivity contribution >= 4 is 16.8 Å². The second-order valence-corrected chi connectivity index (χ2v) is 8.05. The Morgan fingerprint density at radius 3 is 2.76 bits per heavy atom. The first-order valence-corrected chi connectivity index (χ1v) is 10.9. The highest BCUT2D eigenvalue weighted by Crippen LogP contribution is 2.33. The van der Waals surface area contributed by atoms with Crippen LogP contribution in [0.1, 0.15) is 21.7 Å². The van der Waals surface area contributed by atoms with E-state index in [2.05, 4.69) is 20.9 Å². The summed E-state index contributed by atoms with van der Waals surface area (Å²) in [4.78, 5) is 23.2. The molecule has 0 spiro atoms. The van der Waals surface area contributed by atoms with E-state index in [1.807, 2.05) is 12.1 Å². The molecule has 0 atom stereocenters. The number of aromatic amines is 1. The normalized spacial score (nSPS) is 14.5. The molecule has 1 aliphatic rings. The van der Waals surface area contributed by atoms with E-state index in [1.165, 1.54) is 13.2 Å². The molecular weight excluding hydrogens is 421 g/mol. The van der Waals surface area contributed by atoms with Crippen molar-refractivity contribution in [3.05, 3.63) is 83.4 Å². The Morgan fingerprint density at radius 1 is 1.12 bits per heavy atom. The van der Waals surface area contributed by atoms with E-state index < -0.39 is 5.82 Å². The van der Waals surface area contributed by atoms with Crippen LogP contribution in [0.25, 0.3) is 22.2 Å². The van der Waals surface area contributed by atoms with Gasteiger partial charge in [0.2, 0.25) is 5.78 Å². The minimum Gasteiger partial charge on any atom is -0.496 e. The summed E-state index contributed by atoms with van der Waals surface area (Å²) in [6.07, 6.45) is 0. The van der Waals surface area contributed by atoms with Gasteiger partial charge in [-0.25, -0.2) is 9.37 Å². The van der Waals surface area contributed by atoms with Crippen molar-refractivity contribution in [3.8, 4) is 16.9 Å². The van der Waals surface area contributed by atoms with E-state index in [1.54, 1.807) is 36.4 Å². The summed E-state index contributed by atoms with van der Waals surface area (Å²) in [6, 6.07) is 17.5. The maximum Gasteiger partial charge on any atom is 0.228 e. The molecule has 0 radical (unpaired) electrons. The van der Waals surface area contributed by atoms with Gasteiger partial charge in [-0.05, 0) is 41.5 Å². The second kappa shape index (κ2) is 9.13. The maximum atomic E-state index is 14.5. The minimum absolute atomic E-state index is 0.252. The van der Waals surface area contributed by atoms with Gasteiger partial charge in [-0.3, -0.25) is 9.69 Å². The summed E-state index contributed by atoms with van der Waals surface area (Å²) in [5.74, 6) is 0.0101. The average molecular weight is 445 g/mol. The highest BCUT2D eigenvalue weighted by molar-refractivity contribution is 6.08. The van der Waals surface area contributed by atoms with E-state index in [-0.39, 0.29) is 11.6 Å². The molecule has 4 aromatic rings. The van der Waals surface area contributed by atoms with Crippen molar-refractivity contribution in [2.75, 3.05) is 33.4 Å². The van der Waals surface area contributed by atoms with Crippen LogP contribution >= 0.6 is 0 Å². The fourth-order valence-electron chi connectivity index (χ4n) is 4.18. The number of carbonyl (C=O) groups excluding carboxylic acids is 1. The van der Waals surface area contributed by atoms with E-state index >= 15 is 0 Å². The number of ether oxygens (including phenoxy) is 2. The Hall–Kier alpha value is -3.55. The molecule has 2 heterocycles. The number of H-pyrrole nitrogens is 1. The summed E-state index contributed by atoms with van der Waals surface area (Å²) in [6.45, 7) is 4.14. The molecule has 1 aliphatic heterocycles. The van der Waals surface area contributed by atoms with Crippen molar-refractivity contribution in [2.45, 2.75) is 6.54 Å². The number of morpholine rings is 1. The molecule has 6 nitrogen and oxygen atoms in total. The third-order valence-corrected chi connectivity index (χ3v) is 5.88. The molecule has 0 saturated carbocycles. The first kappa shape index (κ1) is 21.3. The van der Waals surface area contributed by atoms with Crippen molar-refractivity contribution in [1.82, 2.24) is 14.9 Å². The van der Waals surface area contributed by atoms with Crippen LogP contribution in [0, 0.1) is 5.82 Å². The molecule has 7 heteroatoms. The molecule has 1 saturated heterocycles. The Balaban J connectivity index is 1.42. The van der Waals surface area contributed by atoms with Crippen molar-refractivity contribution < 1.29 is 18.7 Å². The molecule has 1 aromatic heterocycles. The predicted octanol–water partition coefficient (Wildman–Crippen LogP) is 4.44.